The van der Waals surface area contributed by atoms with E-state index in [0.717, 1.165) is 28.0 Å². The van der Waals surface area contributed by atoms with Crippen LogP contribution in [0.5, 0.6) is 5.75 Å². The number of hydrogen-bond donors (Lipinski definition) is 0. The molecule has 1 aliphatic rings. The normalized spacial score (nSPS) is 13.5. The molecule has 1 amide bonds. The Morgan fingerprint density at radius 1 is 1.29 bits per heavy atom. The second-order valence-corrected chi connectivity index (χ2v) is 5.73. The van der Waals surface area contributed by atoms with Gasteiger partial charge < -0.3 is 9.64 Å². The molecule has 2 aromatic rings. The van der Waals surface area contributed by atoms with E-state index < -0.39 is 0 Å². The number of aryl methyl sites for hydroxylation is 1. The minimum absolute atomic E-state index is 0.0452. The van der Waals surface area contributed by atoms with Crippen molar-refractivity contribution < 1.29 is 9.53 Å². The summed E-state index contributed by atoms with van der Waals surface area (Å²) in [6.45, 7) is 2.99. The van der Waals surface area contributed by atoms with Gasteiger partial charge in [0.05, 0.1) is 6.54 Å². The average Bonchev–Trinajstić information content (AvgIpc) is 2.74. The average molecular weight is 302 g/mol. The van der Waals surface area contributed by atoms with E-state index in [1.54, 1.807) is 11.9 Å². The number of nitrogens with zero attached hydrogens (tertiary/aromatic N) is 1. The van der Waals surface area contributed by atoms with Crippen LogP contribution >= 0.6 is 11.6 Å². The van der Waals surface area contributed by atoms with Gasteiger partial charge in [-0.15, -0.1) is 0 Å². The van der Waals surface area contributed by atoms with Crippen molar-refractivity contribution in [2.45, 2.75) is 20.1 Å². The van der Waals surface area contributed by atoms with Crippen molar-refractivity contribution in [3.05, 3.63) is 63.7 Å². The number of amides is 1. The lowest BCUT2D eigenvalue weighted by Crippen LogP contribution is -2.17. The highest BCUT2D eigenvalue weighted by molar-refractivity contribution is 6.31. The second-order valence-electron chi connectivity index (χ2n) is 5.33. The first-order valence-electron chi connectivity index (χ1n) is 6.81. The smallest absolute Gasteiger partial charge is 0.254 e. The number of hydrogen-bond acceptors (Lipinski definition) is 2. The number of benzene rings is 2. The first-order valence-corrected chi connectivity index (χ1v) is 7.19. The minimum Gasteiger partial charge on any atom is -0.488 e. The van der Waals surface area contributed by atoms with E-state index >= 15 is 0 Å². The quantitative estimate of drug-likeness (QED) is 0.862. The molecule has 108 valence electrons. The van der Waals surface area contributed by atoms with Crippen LogP contribution < -0.4 is 4.74 Å². The van der Waals surface area contributed by atoms with E-state index in [2.05, 4.69) is 0 Å². The summed E-state index contributed by atoms with van der Waals surface area (Å²) in [5.41, 5.74) is 3.74. The summed E-state index contributed by atoms with van der Waals surface area (Å²) in [4.78, 5) is 13.7. The van der Waals surface area contributed by atoms with Gasteiger partial charge in [0.25, 0.3) is 5.91 Å². The summed E-state index contributed by atoms with van der Waals surface area (Å²) in [5, 5.41) is 0.704. The maximum Gasteiger partial charge on any atom is 0.254 e. The van der Waals surface area contributed by atoms with Crippen molar-refractivity contribution in [2.24, 2.45) is 0 Å². The molecule has 0 aromatic heterocycles. The van der Waals surface area contributed by atoms with Crippen LogP contribution in [0.25, 0.3) is 0 Å². The molecule has 3 rings (SSSR count). The molecule has 0 radical (unpaired) electrons. The van der Waals surface area contributed by atoms with Gasteiger partial charge in [0.15, 0.2) is 0 Å². The molecule has 4 heteroatoms. The largest absolute Gasteiger partial charge is 0.488 e. The van der Waals surface area contributed by atoms with Gasteiger partial charge in [0, 0.05) is 28.8 Å². The molecule has 0 spiro atoms. The lowest BCUT2D eigenvalue weighted by Gasteiger charge is -2.11. The van der Waals surface area contributed by atoms with Gasteiger partial charge in [-0.05, 0) is 30.7 Å². The summed E-state index contributed by atoms with van der Waals surface area (Å²) in [5.74, 6) is 0.797. The number of carbonyl (C=O) groups excluding carboxylic acids is 1. The Bertz CT molecular complexity index is 712. The summed E-state index contributed by atoms with van der Waals surface area (Å²) in [6, 6.07) is 11.5. The van der Waals surface area contributed by atoms with Crippen molar-refractivity contribution in [1.29, 1.82) is 0 Å². The van der Waals surface area contributed by atoms with E-state index in [4.69, 9.17) is 16.3 Å². The Morgan fingerprint density at radius 3 is 2.86 bits per heavy atom. The molecule has 0 unspecified atom stereocenters. The van der Waals surface area contributed by atoms with Crippen LogP contribution in [0.4, 0.5) is 0 Å². The van der Waals surface area contributed by atoms with Gasteiger partial charge in [0.2, 0.25) is 0 Å². The number of ether oxygens (including phenoxy) is 1. The molecule has 0 fully saturated rings. The molecule has 1 aliphatic heterocycles. The topological polar surface area (TPSA) is 29.5 Å². The van der Waals surface area contributed by atoms with Crippen molar-refractivity contribution in [1.82, 2.24) is 4.90 Å². The molecule has 0 N–H and O–H groups in total. The summed E-state index contributed by atoms with van der Waals surface area (Å²) < 4.78 is 5.89. The highest BCUT2D eigenvalue weighted by atomic mass is 35.5. The van der Waals surface area contributed by atoms with Crippen molar-refractivity contribution >= 4 is 17.5 Å². The summed E-state index contributed by atoms with van der Waals surface area (Å²) in [7, 11) is 1.79. The fourth-order valence-corrected chi connectivity index (χ4v) is 2.79. The zero-order chi connectivity index (χ0) is 15.0. The van der Waals surface area contributed by atoms with Crippen LogP contribution in [0.15, 0.2) is 36.4 Å². The van der Waals surface area contributed by atoms with E-state index in [-0.39, 0.29) is 5.91 Å². The highest BCUT2D eigenvalue weighted by Gasteiger charge is 2.27. The standard InChI is InChI=1S/C17H16ClNO2/c1-11-6-7-12(15(18)8-11)10-21-16-5-3-4-13-14(16)9-19(2)17(13)20/h3-8H,9-10H2,1-2H3. The second kappa shape index (κ2) is 5.41. The fourth-order valence-electron chi connectivity index (χ4n) is 2.50. The van der Waals surface area contributed by atoms with Crippen LogP contribution in [-0.2, 0) is 13.2 Å². The van der Waals surface area contributed by atoms with Crippen LogP contribution in [0.3, 0.4) is 0 Å². The molecular weight excluding hydrogens is 286 g/mol. The summed E-state index contributed by atoms with van der Waals surface area (Å²) in [6.07, 6.45) is 0. The lowest BCUT2D eigenvalue weighted by molar-refractivity contribution is 0.0816. The van der Waals surface area contributed by atoms with Crippen molar-refractivity contribution in [3.8, 4) is 5.75 Å². The SMILES string of the molecule is Cc1ccc(COc2cccc3c2CN(C)C3=O)c(Cl)c1. The highest BCUT2D eigenvalue weighted by Crippen LogP contribution is 2.31. The third-order valence-electron chi connectivity index (χ3n) is 3.70. The molecular formula is C17H16ClNO2. The molecule has 21 heavy (non-hydrogen) atoms. The van der Waals surface area contributed by atoms with E-state index in [0.29, 0.717) is 18.2 Å². The van der Waals surface area contributed by atoms with Gasteiger partial charge >= 0.3 is 0 Å². The number of halogens is 1. The van der Waals surface area contributed by atoms with E-state index in [1.165, 1.54) is 0 Å². The van der Waals surface area contributed by atoms with Gasteiger partial charge in [-0.1, -0.05) is 29.8 Å². The number of rotatable bonds is 3. The van der Waals surface area contributed by atoms with E-state index in [1.807, 2.05) is 43.3 Å². The Kier molecular flexibility index (Phi) is 3.60. The summed E-state index contributed by atoms with van der Waals surface area (Å²) >= 11 is 6.22. The van der Waals surface area contributed by atoms with Gasteiger partial charge in [-0.3, -0.25) is 4.79 Å². The molecule has 2 aromatic carbocycles. The molecule has 0 aliphatic carbocycles. The van der Waals surface area contributed by atoms with Crippen LogP contribution in [0.1, 0.15) is 27.0 Å². The number of fused-ring (bicyclic) bond motifs is 1. The molecule has 0 saturated carbocycles. The van der Waals surface area contributed by atoms with Crippen LogP contribution in [-0.4, -0.2) is 17.9 Å². The Labute approximate surface area is 129 Å². The third-order valence-corrected chi connectivity index (χ3v) is 4.05. The fraction of sp³-hybridized carbons (Fsp3) is 0.235. The van der Waals surface area contributed by atoms with Crippen molar-refractivity contribution in [2.75, 3.05) is 7.05 Å². The maximum atomic E-state index is 12.0. The Balaban J connectivity index is 1.82. The predicted octanol–water partition coefficient (Wildman–Crippen LogP) is 3.81. The lowest BCUT2D eigenvalue weighted by atomic mass is 10.1. The Morgan fingerprint density at radius 2 is 2.10 bits per heavy atom. The van der Waals surface area contributed by atoms with E-state index in [9.17, 15) is 4.79 Å². The third kappa shape index (κ3) is 2.61. The zero-order valence-electron chi connectivity index (χ0n) is 12.0. The maximum absolute atomic E-state index is 12.0. The van der Waals surface area contributed by atoms with Crippen LogP contribution in [0, 0.1) is 6.92 Å². The first kappa shape index (κ1) is 14.0. The molecule has 1 heterocycles. The zero-order valence-corrected chi connectivity index (χ0v) is 12.8. The number of carbonyl (C=O) groups is 1. The van der Waals surface area contributed by atoms with Gasteiger partial charge in [0.1, 0.15) is 12.4 Å². The van der Waals surface area contributed by atoms with Crippen molar-refractivity contribution in [3.63, 3.8) is 0 Å². The van der Waals surface area contributed by atoms with Gasteiger partial charge in [-0.25, -0.2) is 0 Å². The monoisotopic (exact) mass is 301 g/mol. The molecule has 3 nitrogen and oxygen atoms in total. The predicted molar refractivity (Wildman–Crippen MR) is 82.8 cm³/mol. The van der Waals surface area contributed by atoms with Crippen LogP contribution in [0.2, 0.25) is 5.02 Å². The first-order chi connectivity index (χ1) is 10.1. The molecule has 0 saturated heterocycles. The Hall–Kier alpha value is -2.00. The van der Waals surface area contributed by atoms with Gasteiger partial charge in [-0.2, -0.15) is 0 Å². The molecule has 0 bridgehead atoms. The molecule has 0 atom stereocenters. The minimum atomic E-state index is 0.0452.